The molecule has 0 saturated heterocycles. The molecule has 0 unspecified atom stereocenters. The van der Waals surface area contributed by atoms with E-state index in [0.29, 0.717) is 5.56 Å². The van der Waals surface area contributed by atoms with Gasteiger partial charge in [0.15, 0.2) is 0 Å². The molecule has 1 aliphatic rings. The van der Waals surface area contributed by atoms with E-state index in [0.717, 1.165) is 18.6 Å². The number of carbonyl (C=O) groups excluding carboxylic acids is 1. The maximum Gasteiger partial charge on any atom is 0.271 e. The summed E-state index contributed by atoms with van der Waals surface area (Å²) in [6.07, 6.45) is 17.0. The number of aromatic nitrogens is 1. The SMILES string of the molecule is O=C(NN=C1CCCCCCCCCCC1)c1ccncc1. The summed E-state index contributed by atoms with van der Waals surface area (Å²) in [5.41, 5.74) is 4.45. The Bertz CT molecular complexity index is 456. The highest BCUT2D eigenvalue weighted by atomic mass is 16.2. The summed E-state index contributed by atoms with van der Waals surface area (Å²) in [5.74, 6) is -0.152. The predicted octanol–water partition coefficient (Wildman–Crippen LogP) is 4.47. The van der Waals surface area contributed by atoms with E-state index < -0.39 is 0 Å². The van der Waals surface area contributed by atoms with Gasteiger partial charge in [0.2, 0.25) is 0 Å². The van der Waals surface area contributed by atoms with Gasteiger partial charge in [-0.15, -0.1) is 0 Å². The minimum absolute atomic E-state index is 0.152. The Hall–Kier alpha value is -1.71. The molecule has 1 saturated carbocycles. The molecule has 1 aliphatic carbocycles. The molecule has 1 amide bonds. The first-order chi connectivity index (χ1) is 10.9. The van der Waals surface area contributed by atoms with Crippen LogP contribution in [0.4, 0.5) is 0 Å². The Morgan fingerprint density at radius 2 is 1.36 bits per heavy atom. The van der Waals surface area contributed by atoms with Crippen LogP contribution in [0.3, 0.4) is 0 Å². The van der Waals surface area contributed by atoms with Gasteiger partial charge in [-0.05, 0) is 37.8 Å². The molecule has 0 bridgehead atoms. The molecular weight excluding hydrogens is 274 g/mol. The first kappa shape index (κ1) is 16.7. The van der Waals surface area contributed by atoms with Crippen LogP contribution in [0.15, 0.2) is 29.6 Å². The number of hydrazone groups is 1. The standard InChI is InChI=1S/C18H27N3O/c22-18(16-12-14-19-15-13-16)21-20-17-10-8-6-4-2-1-3-5-7-9-11-17/h12-15H,1-11H2,(H,21,22). The molecule has 1 aromatic rings. The smallest absolute Gasteiger partial charge is 0.267 e. The minimum Gasteiger partial charge on any atom is -0.267 e. The van der Waals surface area contributed by atoms with Crippen LogP contribution >= 0.6 is 0 Å². The van der Waals surface area contributed by atoms with E-state index in [2.05, 4.69) is 15.5 Å². The summed E-state index contributed by atoms with van der Waals surface area (Å²) in [6.45, 7) is 0. The Kier molecular flexibility index (Phi) is 7.64. The normalized spacial score (nSPS) is 17.9. The molecule has 2 rings (SSSR count). The Morgan fingerprint density at radius 3 is 1.91 bits per heavy atom. The fraction of sp³-hybridized carbons (Fsp3) is 0.611. The quantitative estimate of drug-likeness (QED) is 0.819. The molecule has 0 spiro atoms. The molecule has 22 heavy (non-hydrogen) atoms. The zero-order valence-electron chi connectivity index (χ0n) is 13.4. The van der Waals surface area contributed by atoms with Gasteiger partial charge < -0.3 is 0 Å². The molecule has 1 N–H and O–H groups in total. The lowest BCUT2D eigenvalue weighted by molar-refractivity contribution is 0.0954. The van der Waals surface area contributed by atoms with Crippen molar-refractivity contribution < 1.29 is 4.79 Å². The Morgan fingerprint density at radius 1 is 0.864 bits per heavy atom. The van der Waals surface area contributed by atoms with Gasteiger partial charge in [-0.2, -0.15) is 5.10 Å². The van der Waals surface area contributed by atoms with Gasteiger partial charge in [-0.3, -0.25) is 9.78 Å². The van der Waals surface area contributed by atoms with Crippen molar-refractivity contribution in [1.29, 1.82) is 0 Å². The summed E-state index contributed by atoms with van der Waals surface area (Å²) in [6, 6.07) is 3.41. The lowest BCUT2D eigenvalue weighted by Crippen LogP contribution is -2.19. The molecular formula is C18H27N3O. The number of hydrogen-bond donors (Lipinski definition) is 1. The molecule has 1 fully saturated rings. The molecule has 0 aliphatic heterocycles. The van der Waals surface area contributed by atoms with E-state index in [-0.39, 0.29) is 5.91 Å². The van der Waals surface area contributed by atoms with Crippen molar-refractivity contribution in [3.63, 3.8) is 0 Å². The van der Waals surface area contributed by atoms with Crippen molar-refractivity contribution in [3.8, 4) is 0 Å². The average molecular weight is 301 g/mol. The van der Waals surface area contributed by atoms with Crippen molar-refractivity contribution in [1.82, 2.24) is 10.4 Å². The van der Waals surface area contributed by atoms with E-state index in [1.807, 2.05) is 0 Å². The zero-order valence-corrected chi connectivity index (χ0v) is 13.4. The van der Waals surface area contributed by atoms with Gasteiger partial charge in [-0.25, -0.2) is 5.43 Å². The lowest BCUT2D eigenvalue weighted by Gasteiger charge is -2.09. The van der Waals surface area contributed by atoms with E-state index in [9.17, 15) is 4.79 Å². The maximum absolute atomic E-state index is 12.0. The molecule has 0 atom stereocenters. The number of nitrogens with zero attached hydrogens (tertiary/aromatic N) is 2. The van der Waals surface area contributed by atoms with Gasteiger partial charge in [0.05, 0.1) is 0 Å². The third-order valence-corrected chi connectivity index (χ3v) is 4.19. The van der Waals surface area contributed by atoms with E-state index in [1.165, 1.54) is 57.8 Å². The zero-order chi connectivity index (χ0) is 15.5. The Balaban J connectivity index is 1.86. The van der Waals surface area contributed by atoms with Crippen molar-refractivity contribution in [2.24, 2.45) is 5.10 Å². The first-order valence-electron chi connectivity index (χ1n) is 8.62. The largest absolute Gasteiger partial charge is 0.271 e. The second-order valence-corrected chi connectivity index (χ2v) is 6.04. The van der Waals surface area contributed by atoms with E-state index in [4.69, 9.17) is 0 Å². The lowest BCUT2D eigenvalue weighted by atomic mass is 10.00. The highest BCUT2D eigenvalue weighted by Crippen LogP contribution is 2.15. The van der Waals surface area contributed by atoms with E-state index >= 15 is 0 Å². The number of pyridine rings is 1. The van der Waals surface area contributed by atoms with Crippen LogP contribution < -0.4 is 5.43 Å². The third-order valence-electron chi connectivity index (χ3n) is 4.19. The number of amides is 1. The maximum atomic E-state index is 12.0. The predicted molar refractivity (Wildman–Crippen MR) is 89.9 cm³/mol. The monoisotopic (exact) mass is 301 g/mol. The molecule has 0 radical (unpaired) electrons. The van der Waals surface area contributed by atoms with Crippen LogP contribution in [0.25, 0.3) is 0 Å². The average Bonchev–Trinajstić information content (AvgIpc) is 2.55. The van der Waals surface area contributed by atoms with Gasteiger partial charge in [-0.1, -0.05) is 44.9 Å². The van der Waals surface area contributed by atoms with E-state index in [1.54, 1.807) is 24.5 Å². The van der Waals surface area contributed by atoms with Crippen LogP contribution in [-0.2, 0) is 0 Å². The number of rotatable bonds is 2. The fourth-order valence-electron chi connectivity index (χ4n) is 2.83. The van der Waals surface area contributed by atoms with Gasteiger partial charge in [0.25, 0.3) is 5.91 Å². The summed E-state index contributed by atoms with van der Waals surface area (Å²) >= 11 is 0. The fourth-order valence-corrected chi connectivity index (χ4v) is 2.83. The van der Waals surface area contributed by atoms with Crippen LogP contribution in [-0.4, -0.2) is 16.6 Å². The first-order valence-corrected chi connectivity index (χ1v) is 8.62. The second kappa shape index (κ2) is 10.1. The summed E-state index contributed by atoms with van der Waals surface area (Å²) in [7, 11) is 0. The highest BCUT2D eigenvalue weighted by Gasteiger charge is 2.06. The minimum atomic E-state index is -0.152. The molecule has 1 aromatic heterocycles. The molecule has 1 heterocycles. The van der Waals surface area contributed by atoms with Gasteiger partial charge >= 0.3 is 0 Å². The second-order valence-electron chi connectivity index (χ2n) is 6.04. The van der Waals surface area contributed by atoms with Crippen molar-refractivity contribution in [2.45, 2.75) is 70.6 Å². The van der Waals surface area contributed by atoms with Crippen LogP contribution in [0, 0.1) is 0 Å². The Labute approximate surface area is 133 Å². The summed E-state index contributed by atoms with van der Waals surface area (Å²) < 4.78 is 0. The van der Waals surface area contributed by atoms with Crippen molar-refractivity contribution >= 4 is 11.6 Å². The van der Waals surface area contributed by atoms with Crippen LogP contribution in [0.5, 0.6) is 0 Å². The summed E-state index contributed by atoms with van der Waals surface area (Å²) in [4.78, 5) is 15.9. The van der Waals surface area contributed by atoms with Gasteiger partial charge in [0, 0.05) is 23.7 Å². The topological polar surface area (TPSA) is 54.4 Å². The molecule has 120 valence electrons. The molecule has 4 heteroatoms. The van der Waals surface area contributed by atoms with Crippen LogP contribution in [0.1, 0.15) is 81.0 Å². The third kappa shape index (κ3) is 6.37. The highest BCUT2D eigenvalue weighted by molar-refractivity contribution is 5.95. The van der Waals surface area contributed by atoms with Crippen molar-refractivity contribution in [2.75, 3.05) is 0 Å². The number of carbonyl (C=O) groups is 1. The van der Waals surface area contributed by atoms with Crippen LogP contribution in [0.2, 0.25) is 0 Å². The number of nitrogens with one attached hydrogen (secondary N) is 1. The molecule has 0 aromatic carbocycles. The number of hydrogen-bond acceptors (Lipinski definition) is 3. The summed E-state index contributed by atoms with van der Waals surface area (Å²) in [5, 5.41) is 4.38. The van der Waals surface area contributed by atoms with Crippen molar-refractivity contribution in [3.05, 3.63) is 30.1 Å². The van der Waals surface area contributed by atoms with Gasteiger partial charge in [0.1, 0.15) is 0 Å². The molecule has 4 nitrogen and oxygen atoms in total.